The van der Waals surface area contributed by atoms with Crippen LogP contribution in [-0.4, -0.2) is 9.97 Å². The van der Waals surface area contributed by atoms with Gasteiger partial charge in [0, 0.05) is 17.2 Å². The molecule has 1 aromatic heterocycles. The van der Waals surface area contributed by atoms with Gasteiger partial charge >= 0.3 is 0 Å². The van der Waals surface area contributed by atoms with Gasteiger partial charge in [-0.25, -0.2) is 15.8 Å². The van der Waals surface area contributed by atoms with Crippen LogP contribution in [0.5, 0.6) is 0 Å². The summed E-state index contributed by atoms with van der Waals surface area (Å²) in [7, 11) is 0. The van der Waals surface area contributed by atoms with Gasteiger partial charge in [-0.1, -0.05) is 46.0 Å². The van der Waals surface area contributed by atoms with Gasteiger partial charge in [0.05, 0.1) is 0 Å². The number of nitrogens with two attached hydrogens (primary N) is 1. The molecule has 1 aliphatic carbocycles. The Morgan fingerprint density at radius 1 is 1.05 bits per heavy atom. The molecular formula is C16H28N4. The fourth-order valence-corrected chi connectivity index (χ4v) is 3.30. The van der Waals surface area contributed by atoms with Gasteiger partial charge in [-0.2, -0.15) is 0 Å². The molecular weight excluding hydrogens is 248 g/mol. The lowest BCUT2D eigenvalue weighted by molar-refractivity contribution is 0.441. The molecule has 20 heavy (non-hydrogen) atoms. The Morgan fingerprint density at radius 2 is 1.65 bits per heavy atom. The summed E-state index contributed by atoms with van der Waals surface area (Å²) in [5.74, 6) is 8.35. The summed E-state index contributed by atoms with van der Waals surface area (Å²) >= 11 is 0. The van der Waals surface area contributed by atoms with Gasteiger partial charge in [0.25, 0.3) is 0 Å². The van der Waals surface area contributed by atoms with E-state index in [4.69, 9.17) is 15.8 Å². The minimum absolute atomic E-state index is 0.382. The molecule has 1 heterocycles. The molecule has 3 N–H and O–H groups in total. The van der Waals surface area contributed by atoms with E-state index in [0.29, 0.717) is 11.8 Å². The van der Waals surface area contributed by atoms with Crippen molar-refractivity contribution in [3.8, 4) is 0 Å². The van der Waals surface area contributed by atoms with Crippen LogP contribution in [0.2, 0.25) is 0 Å². The molecule has 0 aromatic carbocycles. The predicted molar refractivity (Wildman–Crippen MR) is 83.7 cm³/mol. The lowest BCUT2D eigenvalue weighted by Gasteiger charge is -2.21. The molecule has 112 valence electrons. The van der Waals surface area contributed by atoms with Gasteiger partial charge in [0.15, 0.2) is 0 Å². The maximum absolute atomic E-state index is 5.67. The Balaban J connectivity index is 2.29. The third-order valence-corrected chi connectivity index (χ3v) is 4.34. The lowest BCUT2D eigenvalue weighted by atomic mass is 9.90. The number of nitrogens with one attached hydrogen (secondary N) is 1. The van der Waals surface area contributed by atoms with E-state index in [2.05, 4.69) is 26.2 Å². The van der Waals surface area contributed by atoms with E-state index in [9.17, 15) is 0 Å². The molecule has 1 saturated carbocycles. The first-order valence-electron chi connectivity index (χ1n) is 7.98. The quantitative estimate of drug-likeness (QED) is 0.646. The van der Waals surface area contributed by atoms with Crippen LogP contribution in [0.3, 0.4) is 0 Å². The van der Waals surface area contributed by atoms with E-state index >= 15 is 0 Å². The van der Waals surface area contributed by atoms with Gasteiger partial charge in [-0.05, 0) is 25.7 Å². The number of nitrogens with zero attached hydrogens (tertiary/aromatic N) is 2. The largest absolute Gasteiger partial charge is 0.308 e. The zero-order valence-corrected chi connectivity index (χ0v) is 13.1. The third kappa shape index (κ3) is 3.48. The van der Waals surface area contributed by atoms with E-state index in [1.807, 2.05) is 0 Å². The molecule has 1 fully saturated rings. The van der Waals surface area contributed by atoms with E-state index in [-0.39, 0.29) is 0 Å². The van der Waals surface area contributed by atoms with Gasteiger partial charge < -0.3 is 5.43 Å². The highest BCUT2D eigenvalue weighted by Gasteiger charge is 2.20. The summed E-state index contributed by atoms with van der Waals surface area (Å²) < 4.78 is 0. The summed E-state index contributed by atoms with van der Waals surface area (Å²) in [6.45, 7) is 6.38. The monoisotopic (exact) mass is 276 g/mol. The van der Waals surface area contributed by atoms with Gasteiger partial charge in [-0.3, -0.25) is 0 Å². The Labute approximate surface area is 122 Å². The number of hydrazine groups is 1. The number of aryl methyl sites for hydroxylation is 1. The van der Waals surface area contributed by atoms with E-state index in [0.717, 1.165) is 22.9 Å². The van der Waals surface area contributed by atoms with Crippen LogP contribution < -0.4 is 11.3 Å². The lowest BCUT2D eigenvalue weighted by Crippen LogP contribution is -2.17. The highest BCUT2D eigenvalue weighted by atomic mass is 15.3. The molecule has 0 saturated heterocycles. The zero-order chi connectivity index (χ0) is 14.5. The van der Waals surface area contributed by atoms with E-state index in [1.54, 1.807) is 0 Å². The second-order valence-electron chi connectivity index (χ2n) is 6.27. The van der Waals surface area contributed by atoms with Crippen LogP contribution in [-0.2, 0) is 0 Å². The zero-order valence-electron chi connectivity index (χ0n) is 13.1. The van der Waals surface area contributed by atoms with Crippen LogP contribution in [0.15, 0.2) is 0 Å². The van der Waals surface area contributed by atoms with Crippen LogP contribution in [0, 0.1) is 6.92 Å². The first-order valence-corrected chi connectivity index (χ1v) is 7.98. The summed E-state index contributed by atoms with van der Waals surface area (Å²) in [6, 6.07) is 0. The van der Waals surface area contributed by atoms with Crippen LogP contribution in [0.4, 0.5) is 5.82 Å². The van der Waals surface area contributed by atoms with Crippen molar-refractivity contribution in [1.82, 2.24) is 9.97 Å². The Morgan fingerprint density at radius 3 is 2.20 bits per heavy atom. The Kier molecular flexibility index (Phi) is 5.35. The summed E-state index contributed by atoms with van der Waals surface area (Å²) in [6.07, 6.45) is 9.10. The van der Waals surface area contributed by atoms with Gasteiger partial charge in [0.2, 0.25) is 0 Å². The molecule has 0 atom stereocenters. The van der Waals surface area contributed by atoms with E-state index < -0.39 is 0 Å². The summed E-state index contributed by atoms with van der Waals surface area (Å²) in [4.78, 5) is 9.51. The van der Waals surface area contributed by atoms with Crippen molar-refractivity contribution in [1.29, 1.82) is 0 Å². The Hall–Kier alpha value is -1.16. The first-order chi connectivity index (χ1) is 9.63. The molecule has 0 bridgehead atoms. The smallest absolute Gasteiger partial charge is 0.147 e. The minimum atomic E-state index is 0.382. The SMILES string of the molecule is Cc1nc(C2CCCCCCC2)nc(NN)c1C(C)C. The second-order valence-corrected chi connectivity index (χ2v) is 6.27. The number of anilines is 1. The van der Waals surface area contributed by atoms with Crippen LogP contribution in [0.1, 0.15) is 87.7 Å². The number of aromatic nitrogens is 2. The molecule has 0 amide bonds. The Bertz CT molecular complexity index is 434. The van der Waals surface area contributed by atoms with Crippen molar-refractivity contribution in [2.75, 3.05) is 5.43 Å². The number of hydrogen-bond acceptors (Lipinski definition) is 4. The van der Waals surface area contributed by atoms with Crippen molar-refractivity contribution in [3.05, 3.63) is 17.1 Å². The van der Waals surface area contributed by atoms with Crippen molar-refractivity contribution in [2.45, 2.75) is 77.6 Å². The normalized spacial score (nSPS) is 17.9. The van der Waals surface area contributed by atoms with Crippen LogP contribution >= 0.6 is 0 Å². The van der Waals surface area contributed by atoms with Gasteiger partial charge in [0.1, 0.15) is 11.6 Å². The predicted octanol–water partition coefficient (Wildman–Crippen LogP) is 4.02. The number of rotatable bonds is 3. The maximum atomic E-state index is 5.67. The average molecular weight is 276 g/mol. The molecule has 1 aromatic rings. The molecule has 0 aliphatic heterocycles. The molecule has 0 spiro atoms. The highest BCUT2D eigenvalue weighted by Crippen LogP contribution is 2.32. The third-order valence-electron chi connectivity index (χ3n) is 4.34. The van der Waals surface area contributed by atoms with Crippen molar-refractivity contribution >= 4 is 5.82 Å². The topological polar surface area (TPSA) is 63.8 Å². The first kappa shape index (κ1) is 15.2. The minimum Gasteiger partial charge on any atom is -0.308 e. The van der Waals surface area contributed by atoms with E-state index in [1.165, 1.54) is 44.9 Å². The maximum Gasteiger partial charge on any atom is 0.147 e. The van der Waals surface area contributed by atoms with Crippen molar-refractivity contribution in [3.63, 3.8) is 0 Å². The standard InChI is InChI=1S/C16H28N4/c1-11(2)14-12(3)18-15(19-16(14)20-17)13-9-7-5-4-6-8-10-13/h11,13H,4-10,17H2,1-3H3,(H,18,19,20). The summed E-state index contributed by atoms with van der Waals surface area (Å²) in [5.41, 5.74) is 4.98. The fourth-order valence-electron chi connectivity index (χ4n) is 3.30. The molecule has 1 aliphatic rings. The molecule has 0 unspecified atom stereocenters. The molecule has 4 heteroatoms. The number of hydrogen-bond donors (Lipinski definition) is 2. The van der Waals surface area contributed by atoms with Gasteiger partial charge in [-0.15, -0.1) is 0 Å². The molecule has 4 nitrogen and oxygen atoms in total. The van der Waals surface area contributed by atoms with Crippen molar-refractivity contribution in [2.24, 2.45) is 5.84 Å². The van der Waals surface area contributed by atoms with Crippen molar-refractivity contribution < 1.29 is 0 Å². The molecule has 2 rings (SSSR count). The number of nitrogen functional groups attached to an aromatic ring is 1. The summed E-state index contributed by atoms with van der Waals surface area (Å²) in [5, 5.41) is 0. The average Bonchev–Trinajstić information content (AvgIpc) is 2.36. The second kappa shape index (κ2) is 7.02. The fraction of sp³-hybridized carbons (Fsp3) is 0.750. The highest BCUT2D eigenvalue weighted by molar-refractivity contribution is 5.47. The van der Waals surface area contributed by atoms with Crippen LogP contribution in [0.25, 0.3) is 0 Å². The molecule has 0 radical (unpaired) electrons.